The van der Waals surface area contributed by atoms with E-state index in [1.165, 1.54) is 11.1 Å². The van der Waals surface area contributed by atoms with E-state index < -0.39 is 9.84 Å². The van der Waals surface area contributed by atoms with Gasteiger partial charge < -0.3 is 9.88 Å². The van der Waals surface area contributed by atoms with E-state index >= 15 is 0 Å². The maximum Gasteiger partial charge on any atom is 0.226 e. The predicted octanol–water partition coefficient (Wildman–Crippen LogP) is 2.31. The molecule has 0 spiro atoms. The lowest BCUT2D eigenvalue weighted by Crippen LogP contribution is -2.41. The monoisotopic (exact) mass is 346 g/mol. The minimum absolute atomic E-state index is 0.0335. The minimum atomic E-state index is -3.00. The number of nitrogens with zero attached hydrogens (tertiary/aromatic N) is 1. The molecule has 5 nitrogen and oxygen atoms in total. The maximum absolute atomic E-state index is 12.5. The molecular weight excluding hydrogens is 324 g/mol. The summed E-state index contributed by atoms with van der Waals surface area (Å²) in [6.07, 6.45) is 2.35. The van der Waals surface area contributed by atoms with Crippen molar-refractivity contribution in [2.45, 2.75) is 25.2 Å². The van der Waals surface area contributed by atoms with E-state index in [1.54, 1.807) is 0 Å². The molecule has 2 fully saturated rings. The number of aromatic amines is 1. The molecule has 1 amide bonds. The van der Waals surface area contributed by atoms with Crippen molar-refractivity contribution in [2.24, 2.45) is 5.92 Å². The van der Waals surface area contributed by atoms with Gasteiger partial charge in [-0.3, -0.25) is 4.79 Å². The van der Waals surface area contributed by atoms with Gasteiger partial charge in [-0.05, 0) is 36.8 Å². The van der Waals surface area contributed by atoms with E-state index in [4.69, 9.17) is 0 Å². The van der Waals surface area contributed by atoms with Gasteiger partial charge in [-0.25, -0.2) is 8.42 Å². The van der Waals surface area contributed by atoms with Crippen molar-refractivity contribution in [3.8, 4) is 0 Å². The Hall–Kier alpha value is -1.82. The van der Waals surface area contributed by atoms with Crippen LogP contribution in [0.3, 0.4) is 0 Å². The summed E-state index contributed by atoms with van der Waals surface area (Å²) >= 11 is 0. The Morgan fingerprint density at radius 1 is 1.12 bits per heavy atom. The quantitative estimate of drug-likeness (QED) is 0.907. The summed E-state index contributed by atoms with van der Waals surface area (Å²) in [5, 5.41) is 1.22. The number of benzene rings is 1. The summed E-state index contributed by atoms with van der Waals surface area (Å²) in [5.74, 6) is 0.350. The van der Waals surface area contributed by atoms with Crippen LogP contribution in [0.4, 0.5) is 0 Å². The number of piperidine rings is 1. The zero-order chi connectivity index (χ0) is 16.7. The average molecular weight is 346 g/mol. The lowest BCUT2D eigenvalue weighted by molar-refractivity contribution is -0.135. The van der Waals surface area contributed by atoms with Gasteiger partial charge in [0.25, 0.3) is 0 Å². The van der Waals surface area contributed by atoms with Crippen molar-refractivity contribution in [2.75, 3.05) is 24.6 Å². The van der Waals surface area contributed by atoms with Crippen LogP contribution in [0, 0.1) is 5.92 Å². The normalized spacial score (nSPS) is 24.5. The molecule has 3 heterocycles. The average Bonchev–Trinajstić information content (AvgIpc) is 3.17. The first-order chi connectivity index (χ1) is 11.5. The summed E-state index contributed by atoms with van der Waals surface area (Å²) in [6.45, 7) is 1.44. The van der Waals surface area contributed by atoms with Gasteiger partial charge in [-0.1, -0.05) is 18.2 Å². The number of rotatable bonds is 2. The highest BCUT2D eigenvalue weighted by Crippen LogP contribution is 2.31. The third kappa shape index (κ3) is 2.95. The smallest absolute Gasteiger partial charge is 0.226 e. The van der Waals surface area contributed by atoms with E-state index in [0.29, 0.717) is 12.3 Å². The second-order valence-corrected chi connectivity index (χ2v) is 9.24. The number of H-pyrrole nitrogens is 1. The van der Waals surface area contributed by atoms with E-state index in [2.05, 4.69) is 23.2 Å². The Morgan fingerprint density at radius 3 is 2.54 bits per heavy atom. The molecule has 128 valence electrons. The van der Waals surface area contributed by atoms with Crippen molar-refractivity contribution < 1.29 is 13.2 Å². The Labute approximate surface area is 142 Å². The number of hydrogen-bond acceptors (Lipinski definition) is 3. The lowest BCUT2D eigenvalue weighted by Gasteiger charge is -2.33. The van der Waals surface area contributed by atoms with Crippen LogP contribution in [0.1, 0.15) is 30.9 Å². The van der Waals surface area contributed by atoms with Gasteiger partial charge in [-0.15, -0.1) is 0 Å². The van der Waals surface area contributed by atoms with Crippen LogP contribution in [0.5, 0.6) is 0 Å². The summed E-state index contributed by atoms with van der Waals surface area (Å²) in [5.41, 5.74) is 2.40. The highest BCUT2D eigenvalue weighted by atomic mass is 32.2. The largest absolute Gasteiger partial charge is 0.358 e. The van der Waals surface area contributed by atoms with Crippen molar-refractivity contribution in [3.63, 3.8) is 0 Å². The summed E-state index contributed by atoms with van der Waals surface area (Å²) in [4.78, 5) is 17.9. The van der Waals surface area contributed by atoms with E-state index in [9.17, 15) is 13.2 Å². The van der Waals surface area contributed by atoms with Crippen LogP contribution in [-0.4, -0.2) is 48.8 Å². The van der Waals surface area contributed by atoms with Gasteiger partial charge in [-0.2, -0.15) is 0 Å². The molecule has 0 saturated carbocycles. The standard InChI is InChI=1S/C18H22N2O3S/c21-18(15-7-10-24(22,23)12-15)20-8-5-13(6-9-20)17-11-14-3-1-2-4-16(14)19-17/h1-4,11,13,15,19H,5-10,12H2/t15-/m0/s1. The lowest BCUT2D eigenvalue weighted by atomic mass is 9.92. The number of sulfone groups is 1. The SMILES string of the molecule is O=C([C@H]1CCS(=O)(=O)C1)N1CCC(c2cc3ccccc3[nH]2)CC1. The highest BCUT2D eigenvalue weighted by Gasteiger charge is 2.36. The fraction of sp³-hybridized carbons (Fsp3) is 0.500. The van der Waals surface area contributed by atoms with Gasteiger partial charge in [0.1, 0.15) is 0 Å². The summed E-state index contributed by atoms with van der Waals surface area (Å²) in [6, 6.07) is 10.5. The molecule has 0 unspecified atom stereocenters. The van der Waals surface area contributed by atoms with Gasteiger partial charge >= 0.3 is 0 Å². The van der Waals surface area contributed by atoms with Gasteiger partial charge in [0.15, 0.2) is 9.84 Å². The molecule has 6 heteroatoms. The van der Waals surface area contributed by atoms with Crippen LogP contribution in [0.2, 0.25) is 0 Å². The topological polar surface area (TPSA) is 70.2 Å². The van der Waals surface area contributed by atoms with Gasteiger partial charge in [0.2, 0.25) is 5.91 Å². The zero-order valence-electron chi connectivity index (χ0n) is 13.6. The molecule has 0 aliphatic carbocycles. The molecule has 0 bridgehead atoms. The summed E-state index contributed by atoms with van der Waals surface area (Å²) < 4.78 is 23.2. The van der Waals surface area contributed by atoms with E-state index in [1.807, 2.05) is 17.0 Å². The van der Waals surface area contributed by atoms with Crippen molar-refractivity contribution >= 4 is 26.6 Å². The number of hydrogen-bond donors (Lipinski definition) is 1. The van der Waals surface area contributed by atoms with Crippen LogP contribution >= 0.6 is 0 Å². The number of nitrogens with one attached hydrogen (secondary N) is 1. The van der Waals surface area contributed by atoms with Crippen molar-refractivity contribution in [3.05, 3.63) is 36.0 Å². The van der Waals surface area contributed by atoms with Crippen LogP contribution in [0.25, 0.3) is 10.9 Å². The number of carbonyl (C=O) groups excluding carboxylic acids is 1. The summed E-state index contributed by atoms with van der Waals surface area (Å²) in [7, 11) is -3.00. The van der Waals surface area contributed by atoms with Crippen molar-refractivity contribution in [1.82, 2.24) is 9.88 Å². The fourth-order valence-electron chi connectivity index (χ4n) is 3.97. The number of para-hydroxylation sites is 1. The van der Waals surface area contributed by atoms with E-state index in [0.717, 1.165) is 31.4 Å². The molecule has 1 atom stereocenters. The first-order valence-electron chi connectivity index (χ1n) is 8.59. The second kappa shape index (κ2) is 5.92. The Kier molecular flexibility index (Phi) is 3.87. The third-order valence-corrected chi connectivity index (χ3v) is 7.15. The molecular formula is C18H22N2O3S. The molecule has 1 aromatic carbocycles. The number of aromatic nitrogens is 1. The second-order valence-electron chi connectivity index (χ2n) is 7.01. The molecule has 4 rings (SSSR count). The Morgan fingerprint density at radius 2 is 1.88 bits per heavy atom. The Balaban J connectivity index is 1.40. The number of likely N-dealkylation sites (tertiary alicyclic amines) is 1. The van der Waals surface area contributed by atoms with Crippen LogP contribution in [0.15, 0.2) is 30.3 Å². The Bertz CT molecular complexity index is 830. The molecule has 1 N–H and O–H groups in total. The van der Waals surface area contributed by atoms with Crippen LogP contribution in [-0.2, 0) is 14.6 Å². The van der Waals surface area contributed by atoms with Gasteiger partial charge in [0.05, 0.1) is 17.4 Å². The molecule has 2 aliphatic rings. The van der Waals surface area contributed by atoms with E-state index in [-0.39, 0.29) is 23.3 Å². The fourth-order valence-corrected chi connectivity index (χ4v) is 5.71. The maximum atomic E-state index is 12.5. The third-order valence-electron chi connectivity index (χ3n) is 5.38. The molecule has 0 radical (unpaired) electrons. The zero-order valence-corrected chi connectivity index (χ0v) is 14.4. The number of carbonyl (C=O) groups is 1. The first kappa shape index (κ1) is 15.7. The van der Waals surface area contributed by atoms with Crippen molar-refractivity contribution in [1.29, 1.82) is 0 Å². The molecule has 24 heavy (non-hydrogen) atoms. The first-order valence-corrected chi connectivity index (χ1v) is 10.4. The molecule has 2 aliphatic heterocycles. The molecule has 2 aromatic rings. The number of fused-ring (bicyclic) bond motifs is 1. The van der Waals surface area contributed by atoms with Crippen LogP contribution < -0.4 is 0 Å². The predicted molar refractivity (Wildman–Crippen MR) is 93.6 cm³/mol. The molecule has 1 aromatic heterocycles. The molecule has 2 saturated heterocycles. The number of amides is 1. The van der Waals surface area contributed by atoms with Gasteiger partial charge in [0, 0.05) is 30.2 Å². The highest BCUT2D eigenvalue weighted by molar-refractivity contribution is 7.91. The minimum Gasteiger partial charge on any atom is -0.358 e.